The Morgan fingerprint density at radius 3 is 2.76 bits per heavy atom. The van der Waals surface area contributed by atoms with Gasteiger partial charge in [0.15, 0.2) is 0 Å². The highest BCUT2D eigenvalue weighted by Crippen LogP contribution is 2.31. The average Bonchev–Trinajstić information content (AvgIpc) is 2.31. The maximum absolute atomic E-state index is 11.3. The molecule has 6 nitrogen and oxygen atoms in total. The zero-order chi connectivity index (χ0) is 13.0. The molecule has 0 aliphatic carbocycles. The molecule has 1 unspecified atom stereocenters. The summed E-state index contributed by atoms with van der Waals surface area (Å²) in [5, 5.41) is 10.8. The molecule has 0 fully saturated rings. The Labute approximate surface area is 105 Å². The van der Waals surface area contributed by atoms with Crippen LogP contribution in [-0.4, -0.2) is 18.0 Å². The van der Waals surface area contributed by atoms with E-state index in [2.05, 4.69) is 25.5 Å². The van der Waals surface area contributed by atoms with E-state index < -0.39 is 16.9 Å². The molecule has 0 N–H and O–H groups in total. The lowest BCUT2D eigenvalue weighted by Crippen LogP contribution is -2.12. The first-order valence-corrected chi connectivity index (χ1v) is 5.18. The van der Waals surface area contributed by atoms with Crippen LogP contribution >= 0.6 is 15.9 Å². The first-order valence-electron chi connectivity index (χ1n) is 4.39. The van der Waals surface area contributed by atoms with Gasteiger partial charge in [-0.05, 0) is 12.1 Å². The van der Waals surface area contributed by atoms with E-state index in [1.165, 1.54) is 18.2 Å². The Morgan fingerprint density at radius 1 is 1.65 bits per heavy atom. The van der Waals surface area contributed by atoms with Gasteiger partial charge in [-0.2, -0.15) is 0 Å². The first-order chi connectivity index (χ1) is 8.01. The van der Waals surface area contributed by atoms with E-state index in [0.29, 0.717) is 4.47 Å². The van der Waals surface area contributed by atoms with Gasteiger partial charge >= 0.3 is 12.0 Å². The topological polar surface area (TPSA) is 73.8 Å². The summed E-state index contributed by atoms with van der Waals surface area (Å²) in [6, 6.07) is 2.83. The summed E-state index contributed by atoms with van der Waals surface area (Å²) in [5.74, 6) is -0.814. The molecule has 1 aromatic carbocycles. The molecule has 0 heterocycles. The van der Waals surface area contributed by atoms with Crippen LogP contribution in [0.25, 0.3) is 4.85 Å². The van der Waals surface area contributed by atoms with Gasteiger partial charge in [0, 0.05) is 10.5 Å². The van der Waals surface area contributed by atoms with Gasteiger partial charge in [-0.3, -0.25) is 15.0 Å². The summed E-state index contributed by atoms with van der Waals surface area (Å²) < 4.78 is 4.94. The smallest absolute Gasteiger partial charge is 0.395 e. The molecule has 1 rings (SSSR count). The van der Waals surface area contributed by atoms with Gasteiger partial charge in [-0.15, -0.1) is 0 Å². The third-order valence-corrected chi connectivity index (χ3v) is 2.53. The molecule has 17 heavy (non-hydrogen) atoms. The molecule has 0 saturated carbocycles. The Hall–Kier alpha value is -1.94. The Kier molecular flexibility index (Phi) is 4.17. The van der Waals surface area contributed by atoms with E-state index in [0.717, 1.165) is 7.11 Å². The summed E-state index contributed by atoms with van der Waals surface area (Å²) in [4.78, 5) is 24.6. The van der Waals surface area contributed by atoms with Crippen LogP contribution in [0.15, 0.2) is 22.7 Å². The number of carbonyl (C=O) groups excluding carboxylic acids is 1. The monoisotopic (exact) mass is 298 g/mol. The number of rotatable bonds is 3. The van der Waals surface area contributed by atoms with Crippen LogP contribution in [0.2, 0.25) is 0 Å². The van der Waals surface area contributed by atoms with Gasteiger partial charge in [0.1, 0.15) is 5.56 Å². The van der Waals surface area contributed by atoms with Crippen molar-refractivity contribution in [2.45, 2.75) is 6.04 Å². The van der Waals surface area contributed by atoms with Crippen LogP contribution < -0.4 is 0 Å². The summed E-state index contributed by atoms with van der Waals surface area (Å²) in [5.41, 5.74) is -0.258. The second kappa shape index (κ2) is 5.41. The van der Waals surface area contributed by atoms with Gasteiger partial charge in [0.05, 0.1) is 12.0 Å². The minimum absolute atomic E-state index is 0.0278. The number of benzene rings is 1. The molecule has 88 valence electrons. The number of hydrogen-bond donors (Lipinski definition) is 0. The van der Waals surface area contributed by atoms with Crippen LogP contribution in [0, 0.1) is 16.7 Å². The fourth-order valence-corrected chi connectivity index (χ4v) is 1.62. The van der Waals surface area contributed by atoms with Crippen molar-refractivity contribution in [3.8, 4) is 0 Å². The van der Waals surface area contributed by atoms with Crippen molar-refractivity contribution in [1.29, 1.82) is 0 Å². The lowest BCUT2D eigenvalue weighted by atomic mass is 10.1. The van der Waals surface area contributed by atoms with E-state index in [1.807, 2.05) is 0 Å². The number of hydrogen-bond acceptors (Lipinski definition) is 4. The number of methoxy groups -OCH3 is 1. The van der Waals surface area contributed by atoms with Gasteiger partial charge in [0.25, 0.3) is 5.69 Å². The zero-order valence-electron chi connectivity index (χ0n) is 8.71. The van der Waals surface area contributed by atoms with Crippen molar-refractivity contribution in [2.75, 3.05) is 7.11 Å². The summed E-state index contributed by atoms with van der Waals surface area (Å²) >= 11 is 3.09. The van der Waals surface area contributed by atoms with Crippen LogP contribution in [0.3, 0.4) is 0 Å². The van der Waals surface area contributed by atoms with Gasteiger partial charge in [0.2, 0.25) is 0 Å². The molecule has 7 heteroatoms. The number of nitrogens with zero attached hydrogens (tertiary/aromatic N) is 2. The van der Waals surface area contributed by atoms with E-state index in [9.17, 15) is 14.9 Å². The quantitative estimate of drug-likeness (QED) is 0.372. The second-order valence-electron chi connectivity index (χ2n) is 3.02. The van der Waals surface area contributed by atoms with Crippen molar-refractivity contribution in [2.24, 2.45) is 0 Å². The number of carbonyl (C=O) groups is 1. The fourth-order valence-electron chi connectivity index (χ4n) is 1.27. The van der Waals surface area contributed by atoms with Gasteiger partial charge in [-0.25, -0.2) is 11.4 Å². The normalized spacial score (nSPS) is 11.4. The van der Waals surface area contributed by atoms with Gasteiger partial charge < -0.3 is 4.74 Å². The minimum Gasteiger partial charge on any atom is -0.463 e. The standard InChI is InChI=1S/C10H7BrN2O4/c1-12-9(10(14)17-2)7-4-3-6(11)5-8(7)13(15)16/h3-5,9H,2H3. The fraction of sp³-hybridized carbons (Fsp3) is 0.200. The van der Waals surface area contributed by atoms with Crippen LogP contribution in [0.5, 0.6) is 0 Å². The predicted octanol–water partition coefficient (Wildman–Crippen LogP) is 2.49. The van der Waals surface area contributed by atoms with Crippen molar-refractivity contribution >= 4 is 27.6 Å². The number of ether oxygens (including phenoxy) is 1. The van der Waals surface area contributed by atoms with Crippen molar-refractivity contribution in [1.82, 2.24) is 0 Å². The number of esters is 1. The van der Waals surface area contributed by atoms with Crippen molar-refractivity contribution in [3.05, 3.63) is 49.8 Å². The molecule has 0 aliphatic heterocycles. The Bertz CT molecular complexity index is 510. The largest absolute Gasteiger partial charge is 0.463 e. The maximum Gasteiger partial charge on any atom is 0.395 e. The van der Waals surface area contributed by atoms with Crippen LogP contribution in [0.4, 0.5) is 5.69 Å². The molecule has 0 amide bonds. The summed E-state index contributed by atoms with van der Waals surface area (Å²) in [6.45, 7) is 6.91. The molecule has 1 atom stereocenters. The molecule has 0 bridgehead atoms. The molecule has 1 aromatic rings. The lowest BCUT2D eigenvalue weighted by molar-refractivity contribution is -0.385. The Balaban J connectivity index is 3.34. The van der Waals surface area contributed by atoms with E-state index in [4.69, 9.17) is 6.57 Å². The molecule has 0 spiro atoms. The van der Waals surface area contributed by atoms with Gasteiger partial charge in [-0.1, -0.05) is 15.9 Å². The number of nitro groups is 1. The lowest BCUT2D eigenvalue weighted by Gasteiger charge is -2.04. The third-order valence-electron chi connectivity index (χ3n) is 2.04. The summed E-state index contributed by atoms with van der Waals surface area (Å²) in [6.07, 6.45) is 0. The van der Waals surface area contributed by atoms with E-state index in [1.54, 1.807) is 0 Å². The van der Waals surface area contributed by atoms with Crippen molar-refractivity contribution in [3.63, 3.8) is 0 Å². The first kappa shape index (κ1) is 13.1. The average molecular weight is 299 g/mol. The summed E-state index contributed by atoms with van der Waals surface area (Å²) in [7, 11) is 1.13. The SMILES string of the molecule is [C-]#[N+]C(C(=O)OC)c1ccc(Br)cc1[N+](=O)[O-]. The number of halogens is 1. The van der Waals surface area contributed by atoms with E-state index >= 15 is 0 Å². The highest BCUT2D eigenvalue weighted by atomic mass is 79.9. The number of nitro benzene ring substituents is 1. The molecule has 0 aromatic heterocycles. The zero-order valence-corrected chi connectivity index (χ0v) is 10.3. The molecule has 0 aliphatic rings. The third kappa shape index (κ3) is 2.79. The molecule has 0 saturated heterocycles. The van der Waals surface area contributed by atoms with Crippen molar-refractivity contribution < 1.29 is 14.5 Å². The van der Waals surface area contributed by atoms with E-state index in [-0.39, 0.29) is 11.3 Å². The van der Waals surface area contributed by atoms with Crippen LogP contribution in [-0.2, 0) is 9.53 Å². The molecular weight excluding hydrogens is 292 g/mol. The minimum atomic E-state index is -1.31. The maximum atomic E-state index is 11.3. The second-order valence-corrected chi connectivity index (χ2v) is 3.93. The van der Waals surface area contributed by atoms with Crippen LogP contribution in [0.1, 0.15) is 11.6 Å². The highest BCUT2D eigenvalue weighted by molar-refractivity contribution is 9.10. The highest BCUT2D eigenvalue weighted by Gasteiger charge is 2.33. The Morgan fingerprint density at radius 2 is 2.29 bits per heavy atom. The predicted molar refractivity (Wildman–Crippen MR) is 62.2 cm³/mol. The molecular formula is C10H7BrN2O4. The molecule has 0 radical (unpaired) electrons.